The molecule has 0 fully saturated rings. The second kappa shape index (κ2) is 12.3. The van der Waals surface area contributed by atoms with Crippen molar-refractivity contribution in [3.05, 3.63) is 76.0 Å². The van der Waals surface area contributed by atoms with Crippen LogP contribution >= 0.6 is 23.4 Å². The lowest BCUT2D eigenvalue weighted by Crippen LogP contribution is -2.30. The highest BCUT2D eigenvalue weighted by Crippen LogP contribution is 2.40. The van der Waals surface area contributed by atoms with Crippen LogP contribution < -0.4 is 10.1 Å². The molecule has 0 radical (unpaired) electrons. The lowest BCUT2D eigenvalue weighted by Gasteiger charge is -2.29. The third kappa shape index (κ3) is 6.05. The summed E-state index contributed by atoms with van der Waals surface area (Å²) in [6.07, 6.45) is 2.77. The van der Waals surface area contributed by atoms with E-state index in [9.17, 15) is 4.79 Å². The zero-order chi connectivity index (χ0) is 25.5. The highest BCUT2D eigenvalue weighted by atomic mass is 35.5. The van der Waals surface area contributed by atoms with E-state index in [0.717, 1.165) is 36.1 Å². The van der Waals surface area contributed by atoms with Crippen molar-refractivity contribution >= 4 is 35.3 Å². The fourth-order valence-electron chi connectivity index (χ4n) is 3.90. The molecule has 1 unspecified atom stereocenters. The van der Waals surface area contributed by atoms with E-state index in [2.05, 4.69) is 24.1 Å². The Morgan fingerprint density at radius 3 is 2.67 bits per heavy atom. The Morgan fingerprint density at radius 1 is 1.14 bits per heavy atom. The highest BCUT2D eigenvalue weighted by Gasteiger charge is 2.36. The van der Waals surface area contributed by atoms with Crippen molar-refractivity contribution in [3.8, 4) is 5.75 Å². The molecule has 36 heavy (non-hydrogen) atoms. The van der Waals surface area contributed by atoms with Gasteiger partial charge in [0, 0.05) is 22.0 Å². The molecular weight excluding hydrogens is 496 g/mol. The van der Waals surface area contributed by atoms with Gasteiger partial charge in [-0.05, 0) is 43.5 Å². The molecule has 1 N–H and O–H groups in total. The number of unbranched alkanes of at least 4 members (excludes halogenated alkanes) is 1. The average molecular weight is 527 g/mol. The third-order valence-electron chi connectivity index (χ3n) is 5.74. The van der Waals surface area contributed by atoms with Crippen molar-refractivity contribution in [2.75, 3.05) is 17.7 Å². The van der Waals surface area contributed by atoms with Crippen LogP contribution in [0.1, 0.15) is 57.2 Å². The summed E-state index contributed by atoms with van der Waals surface area (Å²) in [5.74, 6) is 1.80. The number of esters is 1. The Balaban J connectivity index is 1.72. The first-order valence-corrected chi connectivity index (χ1v) is 13.6. The van der Waals surface area contributed by atoms with Crippen LogP contribution in [0, 0.1) is 0 Å². The van der Waals surface area contributed by atoms with Crippen molar-refractivity contribution in [3.63, 3.8) is 0 Å². The zero-order valence-electron chi connectivity index (χ0n) is 20.8. The summed E-state index contributed by atoms with van der Waals surface area (Å²) < 4.78 is 13.7. The number of ether oxygens (including phenoxy) is 2. The molecule has 1 aromatic heterocycles. The lowest BCUT2D eigenvalue weighted by molar-refractivity contribution is -0.139. The minimum atomic E-state index is -0.541. The Hall–Kier alpha value is -2.97. The van der Waals surface area contributed by atoms with E-state index in [1.807, 2.05) is 55.5 Å². The normalized spacial score (nSPS) is 14.8. The number of hydrogen-bond acceptors (Lipinski definition) is 7. The molecule has 1 aliphatic heterocycles. The van der Waals surface area contributed by atoms with Gasteiger partial charge in [0.2, 0.25) is 11.1 Å². The number of rotatable bonds is 11. The van der Waals surface area contributed by atoms with Gasteiger partial charge in [-0.25, -0.2) is 9.48 Å². The number of nitrogens with zero attached hydrogens (tertiary/aromatic N) is 3. The summed E-state index contributed by atoms with van der Waals surface area (Å²) in [6, 6.07) is 14.7. The van der Waals surface area contributed by atoms with Crippen LogP contribution in [0.4, 0.5) is 5.95 Å². The minimum absolute atomic E-state index is 0.361. The van der Waals surface area contributed by atoms with Gasteiger partial charge in [0.1, 0.15) is 18.4 Å². The quantitative estimate of drug-likeness (QED) is 0.170. The monoisotopic (exact) mass is 526 g/mol. The number of thioether (sulfide) groups is 1. The van der Waals surface area contributed by atoms with Gasteiger partial charge in [-0.3, -0.25) is 0 Å². The van der Waals surface area contributed by atoms with Gasteiger partial charge in [0.05, 0.1) is 12.2 Å². The number of aromatic nitrogens is 3. The maximum Gasteiger partial charge on any atom is 0.338 e. The number of anilines is 1. The maximum atomic E-state index is 13.3. The van der Waals surface area contributed by atoms with E-state index >= 15 is 0 Å². The van der Waals surface area contributed by atoms with Crippen molar-refractivity contribution in [2.45, 2.75) is 57.8 Å². The van der Waals surface area contributed by atoms with Gasteiger partial charge in [-0.15, -0.1) is 5.10 Å². The number of halogens is 1. The predicted molar refractivity (Wildman–Crippen MR) is 144 cm³/mol. The molecule has 2 aromatic carbocycles. The van der Waals surface area contributed by atoms with Crippen LogP contribution in [-0.4, -0.2) is 33.1 Å². The summed E-state index contributed by atoms with van der Waals surface area (Å²) in [5.41, 5.74) is 3.00. The summed E-state index contributed by atoms with van der Waals surface area (Å²) in [6.45, 7) is 6.79. The molecule has 9 heteroatoms. The molecule has 7 nitrogen and oxygen atoms in total. The molecule has 0 spiro atoms. The Morgan fingerprint density at radius 2 is 1.92 bits per heavy atom. The number of carbonyl (C=O) groups excluding carboxylic acids is 1. The summed E-state index contributed by atoms with van der Waals surface area (Å²) >= 11 is 7.62. The molecule has 1 atom stereocenters. The van der Waals surface area contributed by atoms with Crippen LogP contribution in [0.3, 0.4) is 0 Å². The first-order chi connectivity index (χ1) is 17.5. The fourth-order valence-corrected chi connectivity index (χ4v) is 4.71. The number of hydrogen-bond donors (Lipinski definition) is 1. The minimum Gasteiger partial charge on any atom is -0.489 e. The first-order valence-electron chi connectivity index (χ1n) is 12.2. The van der Waals surface area contributed by atoms with Gasteiger partial charge >= 0.3 is 5.97 Å². The number of carbonyl (C=O) groups is 1. The SMILES string of the molecule is CCCCOC(=O)C1=C(C)Nc2nc(SCCC)nn2C1c1ccccc1OCc1ccc(Cl)cc1. The maximum absolute atomic E-state index is 13.3. The van der Waals surface area contributed by atoms with Gasteiger partial charge in [0.25, 0.3) is 0 Å². The van der Waals surface area contributed by atoms with Crippen LogP contribution in [0.15, 0.2) is 65.0 Å². The molecule has 2 heterocycles. The van der Waals surface area contributed by atoms with Crippen LogP contribution in [-0.2, 0) is 16.1 Å². The van der Waals surface area contributed by atoms with Gasteiger partial charge in [0.15, 0.2) is 0 Å². The van der Waals surface area contributed by atoms with Gasteiger partial charge in [-0.1, -0.05) is 74.0 Å². The zero-order valence-corrected chi connectivity index (χ0v) is 22.4. The molecule has 190 valence electrons. The highest BCUT2D eigenvalue weighted by molar-refractivity contribution is 7.99. The summed E-state index contributed by atoms with van der Waals surface area (Å²) in [7, 11) is 0. The van der Waals surface area contributed by atoms with E-state index in [0.29, 0.717) is 46.4 Å². The molecule has 1 aliphatic rings. The molecular formula is C27H31ClN4O3S. The molecule has 3 aromatic rings. The molecule has 0 amide bonds. The molecule has 0 saturated carbocycles. The standard InChI is InChI=1S/C27H31ClN4O3S/c1-4-6-15-34-25(33)23-18(3)29-26-30-27(36-16-5-2)31-32(26)24(23)21-9-7-8-10-22(21)35-17-19-11-13-20(28)14-12-19/h7-14,24H,4-6,15-17H2,1-3H3,(H,29,30,31). The van der Waals surface area contributed by atoms with Crippen LogP contribution in [0.2, 0.25) is 5.02 Å². The number of fused-ring (bicyclic) bond motifs is 1. The first kappa shape index (κ1) is 26.1. The number of allylic oxidation sites excluding steroid dienone is 1. The molecule has 0 aliphatic carbocycles. The van der Waals surface area contributed by atoms with E-state index in [4.69, 9.17) is 26.2 Å². The smallest absolute Gasteiger partial charge is 0.338 e. The van der Waals surface area contributed by atoms with Crippen molar-refractivity contribution in [1.29, 1.82) is 0 Å². The van der Waals surface area contributed by atoms with Gasteiger partial charge < -0.3 is 14.8 Å². The lowest BCUT2D eigenvalue weighted by atomic mass is 9.95. The number of benzene rings is 2. The van der Waals surface area contributed by atoms with E-state index in [1.165, 1.54) is 0 Å². The number of nitrogens with one attached hydrogen (secondary N) is 1. The van der Waals surface area contributed by atoms with Crippen molar-refractivity contribution < 1.29 is 14.3 Å². The van der Waals surface area contributed by atoms with E-state index in [1.54, 1.807) is 16.4 Å². The van der Waals surface area contributed by atoms with Crippen LogP contribution in [0.25, 0.3) is 0 Å². The summed E-state index contributed by atoms with van der Waals surface area (Å²) in [4.78, 5) is 18.0. The third-order valence-corrected chi connectivity index (χ3v) is 7.04. The predicted octanol–water partition coefficient (Wildman–Crippen LogP) is 6.64. The Labute approximate surface area is 221 Å². The largest absolute Gasteiger partial charge is 0.489 e. The van der Waals surface area contributed by atoms with E-state index < -0.39 is 6.04 Å². The van der Waals surface area contributed by atoms with Gasteiger partial charge in [-0.2, -0.15) is 4.98 Å². The second-order valence-corrected chi connectivity index (χ2v) is 10.0. The number of para-hydroxylation sites is 1. The van der Waals surface area contributed by atoms with Crippen molar-refractivity contribution in [2.24, 2.45) is 0 Å². The molecule has 0 bridgehead atoms. The topological polar surface area (TPSA) is 78.3 Å². The van der Waals surface area contributed by atoms with Crippen molar-refractivity contribution in [1.82, 2.24) is 14.8 Å². The average Bonchev–Trinajstić information content (AvgIpc) is 3.29. The second-order valence-electron chi connectivity index (χ2n) is 8.52. The summed E-state index contributed by atoms with van der Waals surface area (Å²) in [5, 5.41) is 9.38. The fraction of sp³-hybridized carbons (Fsp3) is 0.370. The molecule has 4 rings (SSSR count). The Bertz CT molecular complexity index is 1230. The van der Waals surface area contributed by atoms with E-state index in [-0.39, 0.29) is 5.97 Å². The Kier molecular flexibility index (Phi) is 8.93. The van der Waals surface area contributed by atoms with Crippen LogP contribution in [0.5, 0.6) is 5.75 Å². The molecule has 0 saturated heterocycles.